The van der Waals surface area contributed by atoms with Crippen molar-refractivity contribution in [2.75, 3.05) is 17.2 Å². The monoisotopic (exact) mass is 511 g/mol. The minimum absolute atomic E-state index is 0.0171. The first-order valence-electron chi connectivity index (χ1n) is 11.7. The molecular weight excluding hydrogens is 478 g/mol. The third-order valence-electron chi connectivity index (χ3n) is 4.95. The Morgan fingerprint density at radius 3 is 2.49 bits per heavy atom. The Hall–Kier alpha value is -2.84. The number of hydrogen-bond donors (Lipinski definition) is 2. The van der Waals surface area contributed by atoms with Crippen LogP contribution in [0.25, 0.3) is 11.3 Å². The Bertz CT molecular complexity index is 1140. The van der Waals surface area contributed by atoms with E-state index in [4.69, 9.17) is 4.74 Å². The molecule has 0 saturated carbocycles. The summed E-state index contributed by atoms with van der Waals surface area (Å²) in [5.74, 6) is 0.712. The van der Waals surface area contributed by atoms with Gasteiger partial charge in [-0.05, 0) is 61.2 Å². The molecule has 1 atom stereocenters. The van der Waals surface area contributed by atoms with Gasteiger partial charge in [-0.1, -0.05) is 33.8 Å². The summed E-state index contributed by atoms with van der Waals surface area (Å²) in [4.78, 5) is 30.8. The average molecular weight is 512 g/mol. The number of rotatable bonds is 10. The quantitative estimate of drug-likeness (QED) is 0.284. The first-order valence-corrected chi connectivity index (χ1v) is 13.5. The lowest BCUT2D eigenvalue weighted by Gasteiger charge is -2.18. The first kappa shape index (κ1) is 26.8. The van der Waals surface area contributed by atoms with Crippen molar-refractivity contribution in [3.63, 3.8) is 0 Å². The minimum atomic E-state index is -0.284. The topological polar surface area (TPSA) is 80.3 Å². The number of nitrogens with one attached hydrogen (secondary N) is 2. The zero-order chi connectivity index (χ0) is 25.4. The highest BCUT2D eigenvalue weighted by molar-refractivity contribution is 8.00. The second-order valence-corrected chi connectivity index (χ2v) is 11.4. The van der Waals surface area contributed by atoms with Crippen LogP contribution in [-0.2, 0) is 9.59 Å². The number of ether oxygens (including phenoxy) is 1. The van der Waals surface area contributed by atoms with Crippen molar-refractivity contribution in [2.24, 2.45) is 5.41 Å². The summed E-state index contributed by atoms with van der Waals surface area (Å²) in [6, 6.07) is 15.4. The van der Waals surface area contributed by atoms with Gasteiger partial charge in [0.1, 0.15) is 5.75 Å². The van der Waals surface area contributed by atoms with E-state index in [1.54, 1.807) is 0 Å². The van der Waals surface area contributed by atoms with Crippen molar-refractivity contribution in [3.8, 4) is 17.0 Å². The van der Waals surface area contributed by atoms with E-state index in [1.165, 1.54) is 23.1 Å². The molecule has 2 N–H and O–H groups in total. The standard InChI is InChI=1S/C27H33N3O3S2/c1-6-23(35-21-10-8-9-19(15-21)28-24(31)16-27(3,4)5)25(32)30-26-29-22(17-34-26)18-11-13-20(14-12-18)33-7-2/h8-15,17,23H,6-7,16H2,1-5H3,(H,28,31)(H,29,30,32). The molecule has 1 heterocycles. The van der Waals surface area contributed by atoms with Gasteiger partial charge in [-0.15, -0.1) is 23.1 Å². The second-order valence-electron chi connectivity index (χ2n) is 9.31. The van der Waals surface area contributed by atoms with Crippen LogP contribution in [0.4, 0.5) is 10.8 Å². The number of benzene rings is 2. The van der Waals surface area contributed by atoms with Crippen LogP contribution < -0.4 is 15.4 Å². The van der Waals surface area contributed by atoms with Gasteiger partial charge in [0.05, 0.1) is 17.6 Å². The van der Waals surface area contributed by atoms with E-state index in [9.17, 15) is 9.59 Å². The molecule has 3 aromatic rings. The third-order valence-corrected chi connectivity index (χ3v) is 7.06. The molecule has 0 aliphatic carbocycles. The Morgan fingerprint density at radius 1 is 1.09 bits per heavy atom. The zero-order valence-electron chi connectivity index (χ0n) is 20.9. The molecule has 186 valence electrons. The van der Waals surface area contributed by atoms with Crippen LogP contribution in [0.2, 0.25) is 0 Å². The maximum atomic E-state index is 13.0. The highest BCUT2D eigenvalue weighted by Gasteiger charge is 2.20. The van der Waals surface area contributed by atoms with Gasteiger partial charge in [-0.2, -0.15) is 0 Å². The number of hydrogen-bond acceptors (Lipinski definition) is 6. The number of carbonyl (C=O) groups excluding carboxylic acids is 2. The summed E-state index contributed by atoms with van der Waals surface area (Å²) in [7, 11) is 0. The van der Waals surface area contributed by atoms with Gasteiger partial charge in [-0.3, -0.25) is 9.59 Å². The van der Waals surface area contributed by atoms with Crippen molar-refractivity contribution in [1.29, 1.82) is 0 Å². The number of nitrogens with zero attached hydrogens (tertiary/aromatic N) is 1. The van der Waals surface area contributed by atoms with Crippen LogP contribution in [0, 0.1) is 5.41 Å². The summed E-state index contributed by atoms with van der Waals surface area (Å²) in [5, 5.41) is 8.14. The molecule has 35 heavy (non-hydrogen) atoms. The number of aromatic nitrogens is 1. The molecule has 6 nitrogen and oxygen atoms in total. The molecule has 2 amide bonds. The molecule has 1 aromatic heterocycles. The van der Waals surface area contributed by atoms with Crippen LogP contribution in [-0.4, -0.2) is 28.7 Å². The summed E-state index contributed by atoms with van der Waals surface area (Å²) in [6.07, 6.45) is 1.10. The number of thiazole rings is 1. The van der Waals surface area contributed by atoms with Crippen LogP contribution in [0.15, 0.2) is 58.8 Å². The number of anilines is 2. The fourth-order valence-electron chi connectivity index (χ4n) is 3.36. The number of amides is 2. The van der Waals surface area contributed by atoms with Crippen molar-refractivity contribution in [2.45, 2.75) is 57.6 Å². The molecule has 0 aliphatic heterocycles. The SMILES string of the molecule is CCOc1ccc(-c2csc(NC(=O)C(CC)Sc3cccc(NC(=O)CC(C)(C)C)c3)n2)cc1. The fourth-order valence-corrected chi connectivity index (χ4v) is 5.09. The molecule has 0 aliphatic rings. The summed E-state index contributed by atoms with van der Waals surface area (Å²) in [5.41, 5.74) is 2.44. The van der Waals surface area contributed by atoms with Gasteiger partial charge in [0.2, 0.25) is 11.8 Å². The highest BCUT2D eigenvalue weighted by Crippen LogP contribution is 2.31. The normalized spacial score (nSPS) is 12.1. The Kier molecular flexibility index (Phi) is 9.34. The predicted octanol–water partition coefficient (Wildman–Crippen LogP) is 7.09. The molecule has 8 heteroatoms. The second kappa shape index (κ2) is 12.2. The summed E-state index contributed by atoms with van der Waals surface area (Å²) < 4.78 is 5.49. The van der Waals surface area contributed by atoms with E-state index in [-0.39, 0.29) is 22.5 Å². The van der Waals surface area contributed by atoms with Gasteiger partial charge in [-0.25, -0.2) is 4.98 Å². The molecule has 3 rings (SSSR count). The van der Waals surface area contributed by atoms with Crippen molar-refractivity contribution < 1.29 is 14.3 Å². The van der Waals surface area contributed by atoms with Crippen molar-refractivity contribution in [1.82, 2.24) is 4.98 Å². The van der Waals surface area contributed by atoms with E-state index in [2.05, 4.69) is 15.6 Å². The molecular formula is C27H33N3O3S2. The maximum absolute atomic E-state index is 13.0. The van der Waals surface area contributed by atoms with Gasteiger partial charge in [0, 0.05) is 27.9 Å². The molecule has 0 saturated heterocycles. The van der Waals surface area contributed by atoms with E-state index in [0.717, 1.165) is 27.6 Å². The summed E-state index contributed by atoms with van der Waals surface area (Å²) in [6.45, 7) is 10.7. The highest BCUT2D eigenvalue weighted by atomic mass is 32.2. The largest absolute Gasteiger partial charge is 0.494 e. The Balaban J connectivity index is 1.61. The first-order chi connectivity index (χ1) is 16.7. The Labute approximate surface area is 215 Å². The van der Waals surface area contributed by atoms with Crippen LogP contribution >= 0.6 is 23.1 Å². The average Bonchev–Trinajstić information content (AvgIpc) is 3.25. The van der Waals surface area contributed by atoms with Gasteiger partial charge < -0.3 is 15.4 Å². The lowest BCUT2D eigenvalue weighted by atomic mass is 9.92. The fraction of sp³-hybridized carbons (Fsp3) is 0.370. The minimum Gasteiger partial charge on any atom is -0.494 e. The van der Waals surface area contributed by atoms with E-state index in [1.807, 2.05) is 88.5 Å². The molecule has 1 unspecified atom stereocenters. The predicted molar refractivity (Wildman–Crippen MR) is 146 cm³/mol. The molecule has 2 aromatic carbocycles. The maximum Gasteiger partial charge on any atom is 0.239 e. The van der Waals surface area contributed by atoms with Crippen LogP contribution in [0.5, 0.6) is 5.75 Å². The number of carbonyl (C=O) groups is 2. The zero-order valence-corrected chi connectivity index (χ0v) is 22.5. The van der Waals surface area contributed by atoms with Crippen molar-refractivity contribution in [3.05, 3.63) is 53.9 Å². The molecule has 0 radical (unpaired) electrons. The number of thioether (sulfide) groups is 1. The lowest BCUT2D eigenvalue weighted by molar-refractivity contribution is -0.118. The van der Waals surface area contributed by atoms with E-state index >= 15 is 0 Å². The van der Waals surface area contributed by atoms with E-state index in [0.29, 0.717) is 24.6 Å². The smallest absolute Gasteiger partial charge is 0.239 e. The summed E-state index contributed by atoms with van der Waals surface area (Å²) >= 11 is 2.88. The van der Waals surface area contributed by atoms with Crippen LogP contribution in [0.1, 0.15) is 47.5 Å². The van der Waals surface area contributed by atoms with E-state index < -0.39 is 0 Å². The van der Waals surface area contributed by atoms with Gasteiger partial charge >= 0.3 is 0 Å². The Morgan fingerprint density at radius 2 is 1.83 bits per heavy atom. The van der Waals surface area contributed by atoms with Crippen molar-refractivity contribution >= 4 is 45.7 Å². The third kappa shape index (κ3) is 8.40. The van der Waals surface area contributed by atoms with Gasteiger partial charge in [0.25, 0.3) is 0 Å². The van der Waals surface area contributed by atoms with Crippen LogP contribution in [0.3, 0.4) is 0 Å². The molecule has 0 spiro atoms. The molecule has 0 fully saturated rings. The van der Waals surface area contributed by atoms with Gasteiger partial charge in [0.15, 0.2) is 5.13 Å². The molecule has 0 bridgehead atoms. The lowest BCUT2D eigenvalue weighted by Crippen LogP contribution is -2.24.